The summed E-state index contributed by atoms with van der Waals surface area (Å²) >= 11 is 1.46. The maximum absolute atomic E-state index is 15.8. The first-order valence-corrected chi connectivity index (χ1v) is 31.8. The fourth-order valence-corrected chi connectivity index (χ4v) is 19.3. The number of thiazole rings is 1. The molecule has 0 spiro atoms. The molecular weight excluding hydrogens is 920 g/mol. The molecule has 3 aromatic carbocycles. The summed E-state index contributed by atoms with van der Waals surface area (Å²) in [6.07, 6.45) is 8.72. The van der Waals surface area contributed by atoms with E-state index in [0.29, 0.717) is 4.88 Å². The molecule has 1 aliphatic heterocycles. The Kier molecular flexibility index (Phi) is 15.3. The molecule has 1 unspecified atom stereocenters. The van der Waals surface area contributed by atoms with Gasteiger partial charge < -0.3 is 18.4 Å². The standard InChI is InChI=1S/C54H67N4O6PSSi2/c1-12-34-62-52(61)50(65(41-27-19-16-20-28-41,42-29-21-17-22-30-42)43-31-23-18-24-32-43)58-48(45(49(58)60)39(5)63-67(10,11)53(6,7)8)54(9,37-59)44-36-57-38-56-46(51(57)66-44)47(40-26-25-33-55-35-40)64-68(13-2,14-3)15-4/h12,16-33,35-39,45,47-48H,1,13-15,34H2,2-11H3/t39-,45-,47?,48-,54-/m1/s1. The number of esters is 1. The van der Waals surface area contributed by atoms with Crippen molar-refractivity contribution < 1.29 is 28.0 Å². The summed E-state index contributed by atoms with van der Waals surface area (Å²) < 4.78 is 22.5. The highest BCUT2D eigenvalue weighted by Gasteiger charge is 2.63. The number of nitrogens with zero attached hydrogens (tertiary/aromatic N) is 4. The summed E-state index contributed by atoms with van der Waals surface area (Å²) in [4.78, 5) is 58.5. The van der Waals surface area contributed by atoms with Gasteiger partial charge in [-0.25, -0.2) is 9.78 Å². The smallest absolute Gasteiger partial charge is 0.356 e. The molecule has 10 nitrogen and oxygen atoms in total. The van der Waals surface area contributed by atoms with Gasteiger partial charge in [0, 0.05) is 35.9 Å². The quantitative estimate of drug-likeness (QED) is 0.0186. The highest BCUT2D eigenvalue weighted by atomic mass is 32.1. The number of rotatable bonds is 20. The van der Waals surface area contributed by atoms with Crippen LogP contribution >= 0.6 is 18.2 Å². The van der Waals surface area contributed by atoms with Crippen LogP contribution in [0.3, 0.4) is 0 Å². The monoisotopic (exact) mass is 986 g/mol. The van der Waals surface area contributed by atoms with E-state index in [1.807, 2.05) is 134 Å². The minimum absolute atomic E-state index is 0.0860. The second-order valence-corrected chi connectivity index (χ2v) is 33.3. The molecular formula is C54H67N4O6PSSi2. The van der Waals surface area contributed by atoms with E-state index in [4.69, 9.17) is 18.6 Å². The summed E-state index contributed by atoms with van der Waals surface area (Å²) in [5, 5.41) is 2.38. The first-order chi connectivity index (χ1) is 32.5. The molecule has 0 radical (unpaired) electrons. The van der Waals surface area contributed by atoms with Gasteiger partial charge >= 0.3 is 5.97 Å². The largest absolute Gasteiger partial charge is 0.457 e. The van der Waals surface area contributed by atoms with E-state index < -0.39 is 59.1 Å². The lowest BCUT2D eigenvalue weighted by Crippen LogP contribution is -2.74. The van der Waals surface area contributed by atoms with E-state index in [9.17, 15) is 4.79 Å². The average molecular weight is 987 g/mol. The minimum Gasteiger partial charge on any atom is -0.457 e. The van der Waals surface area contributed by atoms with Crippen molar-refractivity contribution in [1.29, 1.82) is 0 Å². The number of hydrogen-bond donors (Lipinski definition) is 0. The van der Waals surface area contributed by atoms with E-state index >= 15 is 9.59 Å². The van der Waals surface area contributed by atoms with Crippen LogP contribution < -0.4 is 15.9 Å². The van der Waals surface area contributed by atoms with Crippen molar-refractivity contribution in [3.05, 3.63) is 157 Å². The van der Waals surface area contributed by atoms with Crippen LogP contribution in [0.25, 0.3) is 4.83 Å². The van der Waals surface area contributed by atoms with Crippen molar-refractivity contribution in [2.45, 2.75) is 115 Å². The van der Waals surface area contributed by atoms with Gasteiger partial charge in [-0.15, -0.1) is 11.3 Å². The maximum atomic E-state index is 15.8. The number of amides is 1. The third-order valence-corrected chi connectivity index (χ3v) is 29.4. The third-order valence-electron chi connectivity index (χ3n) is 14.6. The molecule has 5 atom stereocenters. The van der Waals surface area contributed by atoms with Crippen LogP contribution in [0.1, 0.15) is 77.6 Å². The highest BCUT2D eigenvalue weighted by Crippen LogP contribution is 2.54. The van der Waals surface area contributed by atoms with Crippen LogP contribution in [-0.4, -0.2) is 78.2 Å². The second-order valence-electron chi connectivity index (χ2n) is 19.5. The van der Waals surface area contributed by atoms with Gasteiger partial charge in [0.05, 0.1) is 23.5 Å². The summed E-state index contributed by atoms with van der Waals surface area (Å²) in [5.41, 5.74) is 0.455. The predicted molar refractivity (Wildman–Crippen MR) is 284 cm³/mol. The van der Waals surface area contributed by atoms with Crippen molar-refractivity contribution in [2.75, 3.05) is 6.61 Å². The summed E-state index contributed by atoms with van der Waals surface area (Å²) in [7, 11) is -4.69. The molecule has 68 heavy (non-hydrogen) atoms. The van der Waals surface area contributed by atoms with Crippen LogP contribution in [0.5, 0.6) is 0 Å². The number of fused-ring (bicyclic) bond motifs is 1. The van der Waals surface area contributed by atoms with Gasteiger partial charge in [-0.2, -0.15) is 0 Å². The van der Waals surface area contributed by atoms with Crippen LogP contribution in [0.15, 0.2) is 141 Å². The molecule has 1 amide bonds. The number of aromatic nitrogens is 3. The molecule has 3 aromatic heterocycles. The van der Waals surface area contributed by atoms with Gasteiger partial charge in [-0.3, -0.25) is 19.1 Å². The van der Waals surface area contributed by atoms with Crippen LogP contribution in [-0.2, 0) is 33.4 Å². The molecule has 1 aliphatic rings. The van der Waals surface area contributed by atoms with Gasteiger partial charge in [0.2, 0.25) is 5.91 Å². The number of ether oxygens (including phenoxy) is 1. The van der Waals surface area contributed by atoms with Gasteiger partial charge in [0.1, 0.15) is 41.3 Å². The number of carbonyl (C=O) groups is 3. The van der Waals surface area contributed by atoms with Gasteiger partial charge in [0.15, 0.2) is 16.6 Å². The van der Waals surface area contributed by atoms with Gasteiger partial charge in [0.25, 0.3) is 0 Å². The van der Waals surface area contributed by atoms with Crippen molar-refractivity contribution in [1.82, 2.24) is 19.3 Å². The second kappa shape index (κ2) is 20.5. The predicted octanol–water partition coefficient (Wildman–Crippen LogP) is 10.4. The lowest BCUT2D eigenvalue weighted by molar-refractivity contribution is -0.161. The number of hydrogen-bond acceptors (Lipinski definition) is 9. The van der Waals surface area contributed by atoms with E-state index in [1.165, 1.54) is 17.4 Å². The Morgan fingerprint density at radius 3 is 1.90 bits per heavy atom. The van der Waals surface area contributed by atoms with Gasteiger partial charge in [-0.05, 0) is 72.1 Å². The summed E-state index contributed by atoms with van der Waals surface area (Å²) in [6.45, 7) is 21.8. The lowest BCUT2D eigenvalue weighted by Gasteiger charge is -2.57. The first kappa shape index (κ1) is 50.8. The van der Waals surface area contributed by atoms with Crippen molar-refractivity contribution >= 4 is 79.2 Å². The molecule has 6 aromatic rings. The molecule has 1 saturated heterocycles. The molecule has 0 N–H and O–H groups in total. The Morgan fingerprint density at radius 1 is 0.868 bits per heavy atom. The van der Waals surface area contributed by atoms with E-state index in [-0.39, 0.29) is 23.0 Å². The number of aldehydes is 1. The molecule has 1 fully saturated rings. The zero-order valence-electron chi connectivity index (χ0n) is 41.2. The Morgan fingerprint density at radius 2 is 1.43 bits per heavy atom. The minimum atomic E-state index is -3.32. The van der Waals surface area contributed by atoms with E-state index in [1.54, 1.807) is 17.4 Å². The lowest BCUT2D eigenvalue weighted by atomic mass is 9.67. The molecule has 7 rings (SSSR count). The van der Waals surface area contributed by atoms with E-state index in [0.717, 1.165) is 56.4 Å². The summed E-state index contributed by atoms with van der Waals surface area (Å²) in [6, 6.07) is 35.7. The van der Waals surface area contributed by atoms with Crippen molar-refractivity contribution in [2.24, 2.45) is 5.92 Å². The highest BCUT2D eigenvalue weighted by molar-refractivity contribution is 7.96. The molecule has 0 saturated carbocycles. The van der Waals surface area contributed by atoms with Crippen molar-refractivity contribution in [3.8, 4) is 0 Å². The number of pyridine rings is 1. The number of β-lactam (4-membered cyclic amide) rings is 1. The Bertz CT molecular complexity index is 2660. The topological polar surface area (TPSA) is 112 Å². The third kappa shape index (κ3) is 9.14. The first-order valence-electron chi connectivity index (χ1n) is 23.7. The van der Waals surface area contributed by atoms with Crippen LogP contribution in [0, 0.1) is 5.92 Å². The van der Waals surface area contributed by atoms with Crippen LogP contribution in [0.2, 0.25) is 36.3 Å². The molecule has 0 aliphatic carbocycles. The molecule has 358 valence electrons. The zero-order chi connectivity index (χ0) is 49.1. The fourth-order valence-electron chi connectivity index (χ4n) is 9.51. The Balaban J connectivity index is 1.54. The maximum Gasteiger partial charge on any atom is 0.356 e. The number of benzene rings is 3. The zero-order valence-corrected chi connectivity index (χ0v) is 44.9. The van der Waals surface area contributed by atoms with Gasteiger partial charge in [-0.1, -0.05) is 151 Å². The SMILES string of the molecule is C=CCOC(=O)C(N1C(=O)[C@H]([C@@H](C)O[Si](C)(C)C(C)(C)C)[C@@H]1[C@](C)(C=O)c1cn2cnc(C(O[Si](CC)(CC)CC)c3cccnc3)c2s1)=P(c1ccccc1)(c1ccccc1)c1ccccc1. The van der Waals surface area contributed by atoms with E-state index in [2.05, 4.69) is 66.2 Å². The number of likely N-dealkylation sites (tertiary alicyclic amines) is 1. The van der Waals surface area contributed by atoms with Crippen molar-refractivity contribution in [3.63, 3.8) is 0 Å². The fraction of sp³-hybridized carbons (Fsp3) is 0.370. The molecule has 0 bridgehead atoms. The Hall–Kier alpha value is -5.02. The number of imidazole rings is 1. The summed E-state index contributed by atoms with van der Waals surface area (Å²) in [5.74, 6) is -1.78. The van der Waals surface area contributed by atoms with Crippen LogP contribution in [0.4, 0.5) is 0 Å². The Labute approximate surface area is 409 Å². The molecule has 14 heteroatoms. The normalized spacial score (nSPS) is 17.5. The average Bonchev–Trinajstić information content (AvgIpc) is 3.96. The molecule has 4 heterocycles. The number of carbonyl (C=O) groups excluding carboxylic acids is 3.